The largest absolute Gasteiger partial charge is 0.506 e. The van der Waals surface area contributed by atoms with Crippen LogP contribution in [-0.4, -0.2) is 33.3 Å². The minimum absolute atomic E-state index is 0.0324. The fourth-order valence-electron chi connectivity index (χ4n) is 1.30. The summed E-state index contributed by atoms with van der Waals surface area (Å²) in [5, 5.41) is 17.9. The first kappa shape index (κ1) is 11.7. The third-order valence-corrected chi connectivity index (χ3v) is 2.17. The standard InChI is InChI=1S/C10H11N5O3/c1-18-5-2-3-7(16)6(4-5)12-9(17)8-13-10(11)15-14-8/h2-4,16H,1H3,(H,12,17)(H3,11,13,14,15). The lowest BCUT2D eigenvalue weighted by Crippen LogP contribution is -2.14. The average molecular weight is 249 g/mol. The number of carbonyl (C=O) groups excluding carboxylic acids is 1. The Hall–Kier alpha value is -2.77. The van der Waals surface area contributed by atoms with Gasteiger partial charge < -0.3 is 20.9 Å². The quantitative estimate of drug-likeness (QED) is 0.581. The van der Waals surface area contributed by atoms with Gasteiger partial charge in [-0.2, -0.15) is 4.98 Å². The molecule has 1 aromatic carbocycles. The number of ether oxygens (including phenoxy) is 1. The number of phenolic OH excluding ortho intramolecular Hbond substituents is 1. The SMILES string of the molecule is COc1ccc(O)c(NC(=O)c2nc(N)n[nH]2)c1. The van der Waals surface area contributed by atoms with Crippen molar-refractivity contribution in [2.75, 3.05) is 18.2 Å². The molecule has 0 aliphatic rings. The third kappa shape index (κ3) is 2.32. The van der Waals surface area contributed by atoms with Crippen LogP contribution in [0.25, 0.3) is 0 Å². The van der Waals surface area contributed by atoms with Gasteiger partial charge >= 0.3 is 0 Å². The van der Waals surface area contributed by atoms with E-state index >= 15 is 0 Å². The number of nitrogens with zero attached hydrogens (tertiary/aromatic N) is 2. The number of H-pyrrole nitrogens is 1. The van der Waals surface area contributed by atoms with Crippen molar-refractivity contribution in [3.8, 4) is 11.5 Å². The van der Waals surface area contributed by atoms with Gasteiger partial charge in [-0.15, -0.1) is 5.10 Å². The Balaban J connectivity index is 2.21. The van der Waals surface area contributed by atoms with E-state index in [1.165, 1.54) is 19.2 Å². The molecule has 0 aliphatic carbocycles. The smallest absolute Gasteiger partial charge is 0.293 e. The van der Waals surface area contributed by atoms with E-state index in [0.29, 0.717) is 5.75 Å². The molecular formula is C10H11N5O3. The van der Waals surface area contributed by atoms with Crippen molar-refractivity contribution in [2.45, 2.75) is 0 Å². The molecule has 0 saturated heterocycles. The molecule has 0 unspecified atom stereocenters. The lowest BCUT2D eigenvalue weighted by Gasteiger charge is -2.07. The molecule has 2 aromatic rings. The number of benzene rings is 1. The number of aromatic hydroxyl groups is 1. The highest BCUT2D eigenvalue weighted by Gasteiger charge is 2.13. The van der Waals surface area contributed by atoms with Gasteiger partial charge in [0.2, 0.25) is 11.8 Å². The lowest BCUT2D eigenvalue weighted by atomic mass is 10.2. The van der Waals surface area contributed by atoms with Gasteiger partial charge in [-0.05, 0) is 12.1 Å². The second-order valence-corrected chi connectivity index (χ2v) is 3.38. The maximum absolute atomic E-state index is 11.7. The molecule has 18 heavy (non-hydrogen) atoms. The number of phenols is 1. The lowest BCUT2D eigenvalue weighted by molar-refractivity contribution is 0.101. The van der Waals surface area contributed by atoms with Crippen LogP contribution in [-0.2, 0) is 0 Å². The number of hydrogen-bond donors (Lipinski definition) is 4. The number of anilines is 2. The molecule has 0 aliphatic heterocycles. The molecular weight excluding hydrogens is 238 g/mol. The van der Waals surface area contributed by atoms with Crippen molar-refractivity contribution >= 4 is 17.5 Å². The van der Waals surface area contributed by atoms with Gasteiger partial charge in [-0.3, -0.25) is 9.89 Å². The fourth-order valence-corrected chi connectivity index (χ4v) is 1.30. The van der Waals surface area contributed by atoms with Gasteiger partial charge in [-0.1, -0.05) is 0 Å². The van der Waals surface area contributed by atoms with Gasteiger partial charge in [0.05, 0.1) is 12.8 Å². The molecule has 8 heteroatoms. The molecule has 0 spiro atoms. The Kier molecular flexibility index (Phi) is 3.00. The highest BCUT2D eigenvalue weighted by atomic mass is 16.5. The molecule has 0 bridgehead atoms. The molecule has 0 saturated carbocycles. The molecule has 2 rings (SSSR count). The molecule has 0 radical (unpaired) electrons. The van der Waals surface area contributed by atoms with E-state index in [2.05, 4.69) is 20.5 Å². The zero-order valence-electron chi connectivity index (χ0n) is 9.47. The van der Waals surface area contributed by atoms with Crippen LogP contribution in [0.1, 0.15) is 10.6 Å². The van der Waals surface area contributed by atoms with Crippen molar-refractivity contribution in [3.05, 3.63) is 24.0 Å². The summed E-state index contributed by atoms with van der Waals surface area (Å²) in [4.78, 5) is 15.4. The summed E-state index contributed by atoms with van der Waals surface area (Å²) in [5.74, 6) is -0.232. The zero-order valence-corrected chi connectivity index (χ0v) is 9.47. The molecule has 1 amide bonds. The van der Waals surface area contributed by atoms with Crippen LogP contribution in [0.3, 0.4) is 0 Å². The summed E-state index contributed by atoms with van der Waals surface area (Å²) in [5.41, 5.74) is 5.49. The maximum Gasteiger partial charge on any atom is 0.293 e. The number of rotatable bonds is 3. The Morgan fingerprint density at radius 2 is 2.33 bits per heavy atom. The summed E-state index contributed by atoms with van der Waals surface area (Å²) < 4.78 is 4.98. The summed E-state index contributed by atoms with van der Waals surface area (Å²) in [7, 11) is 1.48. The Labute approximate surface area is 102 Å². The number of nitrogens with two attached hydrogens (primary N) is 1. The predicted octanol–water partition coefficient (Wildman–Crippen LogP) is 0.353. The van der Waals surface area contributed by atoms with Crippen molar-refractivity contribution in [1.82, 2.24) is 15.2 Å². The number of nitrogens with one attached hydrogen (secondary N) is 2. The number of amides is 1. The minimum atomic E-state index is -0.567. The molecule has 0 fully saturated rings. The summed E-state index contributed by atoms with van der Waals surface area (Å²) >= 11 is 0. The van der Waals surface area contributed by atoms with Crippen LogP contribution >= 0.6 is 0 Å². The van der Waals surface area contributed by atoms with Crippen molar-refractivity contribution in [2.24, 2.45) is 0 Å². The van der Waals surface area contributed by atoms with Gasteiger partial charge in [-0.25, -0.2) is 0 Å². The summed E-state index contributed by atoms with van der Waals surface area (Å²) in [6.45, 7) is 0. The minimum Gasteiger partial charge on any atom is -0.506 e. The van der Waals surface area contributed by atoms with E-state index in [0.717, 1.165) is 0 Å². The highest BCUT2D eigenvalue weighted by molar-refractivity contribution is 6.02. The van der Waals surface area contributed by atoms with Crippen LogP contribution in [0.4, 0.5) is 11.6 Å². The molecule has 94 valence electrons. The van der Waals surface area contributed by atoms with E-state index in [1.54, 1.807) is 6.07 Å². The fraction of sp³-hybridized carbons (Fsp3) is 0.100. The van der Waals surface area contributed by atoms with Crippen molar-refractivity contribution in [3.63, 3.8) is 0 Å². The predicted molar refractivity (Wildman–Crippen MR) is 63.4 cm³/mol. The van der Waals surface area contributed by atoms with E-state index in [4.69, 9.17) is 10.5 Å². The van der Waals surface area contributed by atoms with E-state index < -0.39 is 5.91 Å². The van der Waals surface area contributed by atoms with Crippen LogP contribution in [0.5, 0.6) is 11.5 Å². The summed E-state index contributed by atoms with van der Waals surface area (Å²) in [6, 6.07) is 4.45. The van der Waals surface area contributed by atoms with Crippen LogP contribution in [0.2, 0.25) is 0 Å². The maximum atomic E-state index is 11.7. The Bertz CT molecular complexity index is 581. The van der Waals surface area contributed by atoms with E-state index in [9.17, 15) is 9.90 Å². The molecule has 0 atom stereocenters. The van der Waals surface area contributed by atoms with Crippen molar-refractivity contribution in [1.29, 1.82) is 0 Å². The van der Waals surface area contributed by atoms with Crippen LogP contribution in [0.15, 0.2) is 18.2 Å². The Morgan fingerprint density at radius 1 is 1.56 bits per heavy atom. The van der Waals surface area contributed by atoms with Crippen molar-refractivity contribution < 1.29 is 14.6 Å². The number of carbonyl (C=O) groups is 1. The number of methoxy groups -OCH3 is 1. The average Bonchev–Trinajstić information content (AvgIpc) is 2.79. The Morgan fingerprint density at radius 3 is 2.94 bits per heavy atom. The molecule has 1 heterocycles. The first-order valence-corrected chi connectivity index (χ1v) is 4.96. The van der Waals surface area contributed by atoms with Gasteiger partial charge in [0.1, 0.15) is 11.5 Å². The number of aromatic nitrogens is 3. The highest BCUT2D eigenvalue weighted by Crippen LogP contribution is 2.27. The topological polar surface area (TPSA) is 126 Å². The molecule has 1 aromatic heterocycles. The first-order valence-electron chi connectivity index (χ1n) is 4.96. The van der Waals surface area contributed by atoms with Gasteiger partial charge in [0.25, 0.3) is 5.91 Å². The summed E-state index contributed by atoms with van der Waals surface area (Å²) in [6.07, 6.45) is 0. The first-order chi connectivity index (χ1) is 8.60. The van der Waals surface area contributed by atoms with E-state index in [1.807, 2.05) is 0 Å². The normalized spacial score (nSPS) is 10.1. The number of hydrogen-bond acceptors (Lipinski definition) is 6. The van der Waals surface area contributed by atoms with Gasteiger partial charge in [0.15, 0.2) is 0 Å². The molecule has 5 N–H and O–H groups in total. The van der Waals surface area contributed by atoms with Crippen LogP contribution < -0.4 is 15.8 Å². The monoisotopic (exact) mass is 249 g/mol. The third-order valence-electron chi connectivity index (χ3n) is 2.17. The number of nitrogen functional groups attached to an aromatic ring is 1. The van der Waals surface area contributed by atoms with Crippen LogP contribution in [0, 0.1) is 0 Å². The van der Waals surface area contributed by atoms with Gasteiger partial charge in [0, 0.05) is 6.07 Å². The van der Waals surface area contributed by atoms with E-state index in [-0.39, 0.29) is 23.2 Å². The second-order valence-electron chi connectivity index (χ2n) is 3.38. The molecule has 8 nitrogen and oxygen atoms in total. The zero-order chi connectivity index (χ0) is 13.1. The number of aromatic amines is 1. The second kappa shape index (κ2) is 4.62.